The van der Waals surface area contributed by atoms with Gasteiger partial charge in [-0.25, -0.2) is 15.0 Å². The van der Waals surface area contributed by atoms with E-state index in [1.165, 1.54) is 16.7 Å². The Morgan fingerprint density at radius 1 is 0.333 bits per heavy atom. The maximum Gasteiger partial charge on any atom is 0.164 e. The van der Waals surface area contributed by atoms with Gasteiger partial charge in [-0.3, -0.25) is 0 Å². The third-order valence-corrected chi connectivity index (χ3v) is 11.7. The number of aromatic nitrogens is 4. The zero-order chi connectivity index (χ0) is 42.1. The molecule has 0 aliphatic carbocycles. The van der Waals surface area contributed by atoms with Gasteiger partial charge in [0.2, 0.25) is 0 Å². The highest BCUT2D eigenvalue weighted by Gasteiger charge is 2.25. The van der Waals surface area contributed by atoms with Crippen LogP contribution < -0.4 is 4.90 Å². The van der Waals surface area contributed by atoms with Gasteiger partial charge < -0.3 is 9.47 Å². The van der Waals surface area contributed by atoms with Gasteiger partial charge in [0.25, 0.3) is 0 Å². The average Bonchev–Trinajstić information content (AvgIpc) is 3.71. The molecule has 0 fully saturated rings. The molecule has 0 radical (unpaired) electrons. The Kier molecular flexibility index (Phi) is 9.68. The van der Waals surface area contributed by atoms with Gasteiger partial charge in [0.1, 0.15) is 0 Å². The molecule has 2 heterocycles. The second kappa shape index (κ2) is 16.2. The molecule has 0 aliphatic heterocycles. The molecule has 298 valence electrons. The third-order valence-electron chi connectivity index (χ3n) is 11.7. The van der Waals surface area contributed by atoms with Gasteiger partial charge in [0, 0.05) is 44.5 Å². The number of aryl methyl sites for hydroxylation is 1. The number of hydrogen-bond donors (Lipinski definition) is 0. The van der Waals surface area contributed by atoms with Gasteiger partial charge in [-0.15, -0.1) is 0 Å². The minimum Gasteiger partial charge on any atom is -0.310 e. The molecule has 63 heavy (non-hydrogen) atoms. The molecule has 11 aromatic rings. The van der Waals surface area contributed by atoms with Gasteiger partial charge in [-0.2, -0.15) is 0 Å². The molecule has 9 aromatic carbocycles. The normalized spacial score (nSPS) is 11.3. The van der Waals surface area contributed by atoms with Crippen LogP contribution in [0.5, 0.6) is 0 Å². The van der Waals surface area contributed by atoms with Crippen molar-refractivity contribution in [1.29, 1.82) is 0 Å². The molecule has 0 N–H and O–H groups in total. The number of nitrogens with zero attached hydrogens (tertiary/aromatic N) is 5. The zero-order valence-electron chi connectivity index (χ0n) is 34.7. The maximum atomic E-state index is 5.29. The summed E-state index contributed by atoms with van der Waals surface area (Å²) in [4.78, 5) is 18.0. The van der Waals surface area contributed by atoms with Crippen molar-refractivity contribution in [3.8, 4) is 62.1 Å². The number of anilines is 3. The summed E-state index contributed by atoms with van der Waals surface area (Å²) in [7, 11) is 0. The van der Waals surface area contributed by atoms with E-state index >= 15 is 0 Å². The minimum atomic E-state index is 0.609. The summed E-state index contributed by atoms with van der Waals surface area (Å²) in [5.41, 5.74) is 15.0. The third kappa shape index (κ3) is 7.11. The molecule has 0 spiro atoms. The molecular formula is C58H41N5. The highest BCUT2D eigenvalue weighted by Crippen LogP contribution is 2.47. The molecule has 0 bridgehead atoms. The molecule has 0 saturated heterocycles. The second-order valence-corrected chi connectivity index (χ2v) is 15.7. The lowest BCUT2D eigenvalue weighted by Gasteiger charge is -2.27. The van der Waals surface area contributed by atoms with Gasteiger partial charge in [0.05, 0.1) is 16.7 Å². The van der Waals surface area contributed by atoms with Crippen LogP contribution >= 0.6 is 0 Å². The van der Waals surface area contributed by atoms with Crippen molar-refractivity contribution in [2.24, 2.45) is 0 Å². The fourth-order valence-electron chi connectivity index (χ4n) is 8.66. The first-order valence-corrected chi connectivity index (χ1v) is 21.3. The van der Waals surface area contributed by atoms with Gasteiger partial charge in [-0.05, 0) is 83.8 Å². The Balaban J connectivity index is 1.19. The predicted molar refractivity (Wildman–Crippen MR) is 261 cm³/mol. The summed E-state index contributed by atoms with van der Waals surface area (Å²) in [5.74, 6) is 1.86. The van der Waals surface area contributed by atoms with Crippen molar-refractivity contribution in [2.45, 2.75) is 6.92 Å². The molecule has 5 nitrogen and oxygen atoms in total. The van der Waals surface area contributed by atoms with Crippen molar-refractivity contribution in [2.75, 3.05) is 4.90 Å². The van der Waals surface area contributed by atoms with E-state index in [0.717, 1.165) is 72.4 Å². The average molecular weight is 808 g/mol. The van der Waals surface area contributed by atoms with E-state index in [-0.39, 0.29) is 0 Å². The minimum absolute atomic E-state index is 0.609. The maximum absolute atomic E-state index is 5.29. The van der Waals surface area contributed by atoms with E-state index in [0.29, 0.717) is 17.5 Å². The van der Waals surface area contributed by atoms with E-state index in [9.17, 15) is 0 Å². The molecule has 0 amide bonds. The largest absolute Gasteiger partial charge is 0.310 e. The van der Waals surface area contributed by atoms with Crippen LogP contribution in [-0.4, -0.2) is 19.5 Å². The van der Waals surface area contributed by atoms with E-state index in [4.69, 9.17) is 15.0 Å². The zero-order valence-corrected chi connectivity index (χ0v) is 34.7. The van der Waals surface area contributed by atoms with Gasteiger partial charge in [0.15, 0.2) is 17.5 Å². The van der Waals surface area contributed by atoms with Gasteiger partial charge in [-0.1, -0.05) is 181 Å². The smallest absolute Gasteiger partial charge is 0.164 e. The first-order chi connectivity index (χ1) is 31.2. The lowest BCUT2D eigenvalue weighted by atomic mass is 10.0. The Bertz CT molecular complexity index is 3260. The van der Waals surface area contributed by atoms with Crippen LogP contribution in [-0.2, 0) is 0 Å². The van der Waals surface area contributed by atoms with Crippen molar-refractivity contribution < 1.29 is 0 Å². The van der Waals surface area contributed by atoms with Crippen LogP contribution in [0.4, 0.5) is 17.1 Å². The first kappa shape index (κ1) is 37.6. The summed E-state index contributed by atoms with van der Waals surface area (Å²) in [6, 6.07) is 81.2. The molecule has 11 rings (SSSR count). The van der Waals surface area contributed by atoms with Crippen LogP contribution in [0, 0.1) is 6.92 Å². The highest BCUT2D eigenvalue weighted by molar-refractivity contribution is 6.21. The Morgan fingerprint density at radius 3 is 1.29 bits per heavy atom. The fourth-order valence-corrected chi connectivity index (χ4v) is 8.66. The second-order valence-electron chi connectivity index (χ2n) is 15.7. The standard InChI is InChI=1S/C58H41N5/c1-40-28-30-46(31-29-40)57-59-56(45-20-10-4-11-21-45)60-58(61-57)50-24-14-25-51-54(50)55-52(26-15-27-53(55)63(51)47-22-12-5-13-23-47)62(48-36-32-43(33-37-48)41-16-6-2-7-17-41)49-38-34-44(35-39-49)42-18-8-3-9-19-42/h2-39H,1H3. The van der Waals surface area contributed by atoms with Gasteiger partial charge >= 0.3 is 0 Å². The molecule has 2 aromatic heterocycles. The molecule has 0 unspecified atom stereocenters. The summed E-state index contributed by atoms with van der Waals surface area (Å²) < 4.78 is 2.37. The van der Waals surface area contributed by atoms with Crippen LogP contribution in [0.15, 0.2) is 231 Å². The Hall–Kier alpha value is -8.41. The lowest BCUT2D eigenvalue weighted by Crippen LogP contribution is -2.10. The van der Waals surface area contributed by atoms with Crippen LogP contribution in [0.3, 0.4) is 0 Å². The van der Waals surface area contributed by atoms with E-state index in [1.54, 1.807) is 0 Å². The van der Waals surface area contributed by atoms with Crippen molar-refractivity contribution in [3.63, 3.8) is 0 Å². The summed E-state index contributed by atoms with van der Waals surface area (Å²) in [6.07, 6.45) is 0. The Labute approximate surface area is 366 Å². The Morgan fingerprint density at radius 2 is 0.746 bits per heavy atom. The van der Waals surface area contributed by atoms with Crippen molar-refractivity contribution in [3.05, 3.63) is 236 Å². The monoisotopic (exact) mass is 807 g/mol. The number of benzene rings is 9. The summed E-state index contributed by atoms with van der Waals surface area (Å²) in [5, 5.41) is 2.14. The van der Waals surface area contributed by atoms with Crippen LogP contribution in [0.1, 0.15) is 5.56 Å². The highest BCUT2D eigenvalue weighted by atomic mass is 15.1. The van der Waals surface area contributed by atoms with Crippen LogP contribution in [0.25, 0.3) is 83.9 Å². The SMILES string of the molecule is Cc1ccc(-c2nc(-c3ccccc3)nc(-c3cccc4c3c3c(N(c5ccc(-c6ccccc6)cc5)c5ccc(-c6ccccc6)cc5)cccc3n4-c3ccccc3)n2)cc1. The molecule has 5 heteroatoms. The molecule has 0 saturated carbocycles. The molecule has 0 atom stereocenters. The van der Waals surface area contributed by atoms with E-state index in [1.807, 2.05) is 18.2 Å². The quantitative estimate of drug-likeness (QED) is 0.146. The van der Waals surface area contributed by atoms with Crippen molar-refractivity contribution >= 4 is 38.9 Å². The molecule has 0 aliphatic rings. The predicted octanol–water partition coefficient (Wildman–Crippen LogP) is 15.1. The first-order valence-electron chi connectivity index (χ1n) is 21.3. The number of para-hydroxylation sites is 1. The number of hydrogen-bond acceptors (Lipinski definition) is 4. The van der Waals surface area contributed by atoms with Crippen molar-refractivity contribution in [1.82, 2.24) is 19.5 Å². The van der Waals surface area contributed by atoms with Crippen LogP contribution in [0.2, 0.25) is 0 Å². The number of rotatable bonds is 9. The van der Waals surface area contributed by atoms with E-state index in [2.05, 4.69) is 229 Å². The summed E-state index contributed by atoms with van der Waals surface area (Å²) in [6.45, 7) is 2.09. The lowest BCUT2D eigenvalue weighted by molar-refractivity contribution is 1.08. The van der Waals surface area contributed by atoms with E-state index < -0.39 is 0 Å². The molecular weight excluding hydrogens is 767 g/mol. The summed E-state index contributed by atoms with van der Waals surface area (Å²) >= 11 is 0. The number of fused-ring (bicyclic) bond motifs is 3. The fraction of sp³-hybridized carbons (Fsp3) is 0.0172. The topological polar surface area (TPSA) is 46.8 Å².